The Bertz CT molecular complexity index is 772. The Labute approximate surface area is 129 Å². The molecule has 5 nitrogen and oxygen atoms in total. The molecule has 0 spiro atoms. The molecule has 1 amide bonds. The van der Waals surface area contributed by atoms with E-state index in [2.05, 4.69) is 21.5 Å². The quantitative estimate of drug-likeness (QED) is 0.734. The number of hydrogen-bond donors (Lipinski definition) is 2. The molecule has 0 saturated heterocycles. The van der Waals surface area contributed by atoms with Crippen molar-refractivity contribution in [3.05, 3.63) is 54.0 Å². The van der Waals surface area contributed by atoms with Crippen LogP contribution in [0, 0.1) is 0 Å². The average molecular weight is 296 g/mol. The molecule has 2 heterocycles. The van der Waals surface area contributed by atoms with Gasteiger partial charge in [0, 0.05) is 36.3 Å². The third-order valence-corrected chi connectivity index (χ3v) is 3.87. The maximum atomic E-state index is 12.0. The number of aryl methyl sites for hydroxylation is 2. The van der Waals surface area contributed by atoms with Crippen molar-refractivity contribution in [2.45, 2.75) is 32.9 Å². The monoisotopic (exact) mass is 296 g/mol. The average Bonchev–Trinajstić information content (AvgIpc) is 3.17. The van der Waals surface area contributed by atoms with Gasteiger partial charge in [-0.15, -0.1) is 0 Å². The summed E-state index contributed by atoms with van der Waals surface area (Å²) in [5, 5.41) is 8.35. The molecule has 0 atom stereocenters. The summed E-state index contributed by atoms with van der Waals surface area (Å²) >= 11 is 0. The van der Waals surface area contributed by atoms with Gasteiger partial charge in [0.1, 0.15) is 0 Å². The van der Waals surface area contributed by atoms with Crippen molar-refractivity contribution in [1.82, 2.24) is 20.1 Å². The number of nitrogens with one attached hydrogen (secondary N) is 2. The molecule has 5 heteroatoms. The third kappa shape index (κ3) is 3.03. The highest BCUT2D eigenvalue weighted by Gasteiger charge is 2.07. The highest BCUT2D eigenvalue weighted by atomic mass is 16.1. The van der Waals surface area contributed by atoms with Crippen LogP contribution in [0.3, 0.4) is 0 Å². The number of H-pyrrole nitrogens is 1. The van der Waals surface area contributed by atoms with Gasteiger partial charge in [-0.2, -0.15) is 5.10 Å². The number of carbonyl (C=O) groups is 1. The summed E-state index contributed by atoms with van der Waals surface area (Å²) in [5.41, 5.74) is 3.33. The van der Waals surface area contributed by atoms with E-state index in [9.17, 15) is 4.79 Å². The zero-order chi connectivity index (χ0) is 15.4. The number of rotatable bonds is 6. The van der Waals surface area contributed by atoms with Crippen LogP contribution in [0.4, 0.5) is 0 Å². The van der Waals surface area contributed by atoms with Crippen molar-refractivity contribution in [3.8, 4) is 0 Å². The largest absolute Gasteiger partial charge is 0.361 e. The van der Waals surface area contributed by atoms with Crippen molar-refractivity contribution >= 4 is 16.8 Å². The van der Waals surface area contributed by atoms with E-state index in [0.717, 1.165) is 24.2 Å². The first-order valence-electron chi connectivity index (χ1n) is 7.60. The fraction of sp³-hybridized carbons (Fsp3) is 0.294. The van der Waals surface area contributed by atoms with Crippen molar-refractivity contribution in [3.63, 3.8) is 0 Å². The third-order valence-electron chi connectivity index (χ3n) is 3.87. The van der Waals surface area contributed by atoms with Gasteiger partial charge in [-0.3, -0.25) is 9.48 Å². The predicted octanol–water partition coefficient (Wildman–Crippen LogP) is 2.63. The molecule has 0 bridgehead atoms. The molecule has 0 radical (unpaired) electrons. The first-order valence-corrected chi connectivity index (χ1v) is 7.60. The Balaban J connectivity index is 1.54. The summed E-state index contributed by atoms with van der Waals surface area (Å²) < 4.78 is 1.89. The predicted molar refractivity (Wildman–Crippen MR) is 86.4 cm³/mol. The number of para-hydroxylation sites is 1. The second-order valence-electron chi connectivity index (χ2n) is 5.27. The normalized spacial score (nSPS) is 11.0. The summed E-state index contributed by atoms with van der Waals surface area (Å²) in [6.07, 6.45) is 4.98. The molecule has 3 rings (SSSR count). The van der Waals surface area contributed by atoms with E-state index < -0.39 is 0 Å². The van der Waals surface area contributed by atoms with Crippen molar-refractivity contribution in [2.24, 2.45) is 0 Å². The Morgan fingerprint density at radius 2 is 2.18 bits per heavy atom. The SMILES string of the molecule is CCn1nccc1CNC(=O)CCc1c[nH]c2ccccc12. The van der Waals surface area contributed by atoms with E-state index in [0.29, 0.717) is 13.0 Å². The van der Waals surface area contributed by atoms with Gasteiger partial charge in [-0.25, -0.2) is 0 Å². The van der Waals surface area contributed by atoms with Crippen LogP contribution in [0.5, 0.6) is 0 Å². The van der Waals surface area contributed by atoms with Crippen LogP contribution in [0.25, 0.3) is 10.9 Å². The van der Waals surface area contributed by atoms with Gasteiger partial charge < -0.3 is 10.3 Å². The number of fused-ring (bicyclic) bond motifs is 1. The minimum atomic E-state index is 0.0640. The first-order chi connectivity index (χ1) is 10.8. The first kappa shape index (κ1) is 14.4. The summed E-state index contributed by atoms with van der Waals surface area (Å²) in [6.45, 7) is 3.38. The van der Waals surface area contributed by atoms with Gasteiger partial charge in [0.15, 0.2) is 0 Å². The highest BCUT2D eigenvalue weighted by Crippen LogP contribution is 2.18. The van der Waals surface area contributed by atoms with Gasteiger partial charge >= 0.3 is 0 Å². The fourth-order valence-corrected chi connectivity index (χ4v) is 2.66. The van der Waals surface area contributed by atoms with Gasteiger partial charge in [0.2, 0.25) is 5.91 Å². The molecule has 0 saturated carbocycles. The van der Waals surface area contributed by atoms with Crippen LogP contribution in [0.2, 0.25) is 0 Å². The number of hydrogen-bond acceptors (Lipinski definition) is 2. The van der Waals surface area contributed by atoms with Crippen molar-refractivity contribution in [2.75, 3.05) is 0 Å². The van der Waals surface area contributed by atoms with E-state index in [4.69, 9.17) is 0 Å². The maximum Gasteiger partial charge on any atom is 0.220 e. The molecule has 2 N–H and O–H groups in total. The van der Waals surface area contributed by atoms with Gasteiger partial charge in [-0.1, -0.05) is 18.2 Å². The minimum Gasteiger partial charge on any atom is -0.361 e. The summed E-state index contributed by atoms with van der Waals surface area (Å²) in [5.74, 6) is 0.0640. The van der Waals surface area contributed by atoms with E-state index >= 15 is 0 Å². The molecular weight excluding hydrogens is 276 g/mol. The number of aromatic amines is 1. The van der Waals surface area contributed by atoms with Crippen LogP contribution in [0.15, 0.2) is 42.7 Å². The van der Waals surface area contributed by atoms with Crippen molar-refractivity contribution < 1.29 is 4.79 Å². The minimum absolute atomic E-state index is 0.0640. The number of benzene rings is 1. The summed E-state index contributed by atoms with van der Waals surface area (Å²) in [6, 6.07) is 10.1. The molecule has 0 unspecified atom stereocenters. The molecule has 1 aromatic carbocycles. The van der Waals surface area contributed by atoms with Crippen LogP contribution in [-0.4, -0.2) is 20.7 Å². The molecule has 0 aliphatic rings. The Morgan fingerprint density at radius 1 is 1.32 bits per heavy atom. The number of amides is 1. The lowest BCUT2D eigenvalue weighted by atomic mass is 10.1. The fourth-order valence-electron chi connectivity index (χ4n) is 2.66. The molecule has 0 aliphatic carbocycles. The molecule has 2 aromatic heterocycles. The van der Waals surface area contributed by atoms with E-state index in [1.165, 1.54) is 10.9 Å². The zero-order valence-electron chi connectivity index (χ0n) is 12.7. The number of aromatic nitrogens is 3. The number of nitrogens with zero attached hydrogens (tertiary/aromatic N) is 2. The highest BCUT2D eigenvalue weighted by molar-refractivity contribution is 5.84. The number of carbonyl (C=O) groups excluding carboxylic acids is 1. The summed E-state index contributed by atoms with van der Waals surface area (Å²) in [4.78, 5) is 15.3. The van der Waals surface area contributed by atoms with Gasteiger partial charge in [-0.05, 0) is 31.0 Å². The molecule has 114 valence electrons. The lowest BCUT2D eigenvalue weighted by molar-refractivity contribution is -0.121. The maximum absolute atomic E-state index is 12.0. The van der Waals surface area contributed by atoms with E-state index in [1.54, 1.807) is 6.20 Å². The van der Waals surface area contributed by atoms with Gasteiger partial charge in [0.05, 0.1) is 12.2 Å². The molecule has 22 heavy (non-hydrogen) atoms. The van der Waals surface area contributed by atoms with E-state index in [1.807, 2.05) is 42.1 Å². The summed E-state index contributed by atoms with van der Waals surface area (Å²) in [7, 11) is 0. The Kier molecular flexibility index (Phi) is 4.23. The van der Waals surface area contributed by atoms with E-state index in [-0.39, 0.29) is 5.91 Å². The van der Waals surface area contributed by atoms with Crippen molar-refractivity contribution in [1.29, 1.82) is 0 Å². The molecule has 0 aliphatic heterocycles. The Hall–Kier alpha value is -2.56. The van der Waals surface area contributed by atoms with Crippen LogP contribution in [-0.2, 0) is 24.3 Å². The van der Waals surface area contributed by atoms with Gasteiger partial charge in [0.25, 0.3) is 0 Å². The second kappa shape index (κ2) is 6.47. The topological polar surface area (TPSA) is 62.7 Å². The lowest BCUT2D eigenvalue weighted by Crippen LogP contribution is -2.24. The zero-order valence-corrected chi connectivity index (χ0v) is 12.7. The Morgan fingerprint density at radius 3 is 3.05 bits per heavy atom. The standard InChI is InChI=1S/C17H20N4O/c1-2-21-14(9-10-20-21)12-19-17(22)8-7-13-11-18-16-6-4-3-5-15(13)16/h3-6,9-11,18H,2,7-8,12H2,1H3,(H,19,22). The van der Waals surface area contributed by atoms with Crippen LogP contribution >= 0.6 is 0 Å². The molecule has 3 aromatic rings. The smallest absolute Gasteiger partial charge is 0.220 e. The molecular formula is C17H20N4O. The second-order valence-corrected chi connectivity index (χ2v) is 5.27. The molecule has 0 fully saturated rings. The lowest BCUT2D eigenvalue weighted by Gasteiger charge is -2.07. The van der Waals surface area contributed by atoms with Crippen LogP contribution < -0.4 is 5.32 Å². The van der Waals surface area contributed by atoms with Crippen LogP contribution in [0.1, 0.15) is 24.6 Å².